The molecule has 90 valence electrons. The monoisotopic (exact) mass is 302 g/mol. The van der Waals surface area contributed by atoms with Crippen molar-refractivity contribution in [2.45, 2.75) is 0 Å². The molecular weight excluding hydrogens is 292 g/mol. The van der Waals surface area contributed by atoms with Gasteiger partial charge < -0.3 is 5.73 Å². The molecule has 0 spiro atoms. The molecule has 0 unspecified atom stereocenters. The molecule has 0 aliphatic rings. The summed E-state index contributed by atoms with van der Waals surface area (Å²) in [6.45, 7) is 0. The molecule has 2 N–H and O–H groups in total. The van der Waals surface area contributed by atoms with Crippen molar-refractivity contribution >= 4 is 27.7 Å². The molecule has 0 aliphatic heterocycles. The molecule has 0 aromatic heterocycles. The molecule has 0 atom stereocenters. The molecular formula is C14H11BrN2O. The predicted octanol–water partition coefficient (Wildman–Crippen LogP) is 2.99. The molecule has 2 aromatic rings. The Labute approximate surface area is 113 Å². The van der Waals surface area contributed by atoms with Crippen LogP contribution in [0.25, 0.3) is 0 Å². The number of nitrogens with zero attached hydrogens (tertiary/aromatic N) is 1. The van der Waals surface area contributed by atoms with Crippen molar-refractivity contribution < 1.29 is 4.79 Å². The first-order valence-electron chi connectivity index (χ1n) is 5.36. The number of carbonyl (C=O) groups is 1. The zero-order chi connectivity index (χ0) is 13.0. The van der Waals surface area contributed by atoms with Gasteiger partial charge in [-0.1, -0.05) is 46.3 Å². The van der Waals surface area contributed by atoms with Crippen LogP contribution in [-0.2, 0) is 0 Å². The van der Waals surface area contributed by atoms with Gasteiger partial charge >= 0.3 is 0 Å². The van der Waals surface area contributed by atoms with Crippen LogP contribution in [0.15, 0.2) is 64.1 Å². The standard InChI is InChI=1S/C14H11BrN2O/c15-12-8-6-11(7-9-12)14(18)17-13(16)10-4-2-1-3-5-10/h1-9H,(H2,16,17,18). The maximum absolute atomic E-state index is 11.9. The van der Waals surface area contributed by atoms with Crippen LogP contribution in [-0.4, -0.2) is 11.7 Å². The summed E-state index contributed by atoms with van der Waals surface area (Å²) in [6, 6.07) is 16.2. The number of hydrogen-bond acceptors (Lipinski definition) is 1. The Balaban J connectivity index is 2.23. The summed E-state index contributed by atoms with van der Waals surface area (Å²) in [5.74, 6) is -0.118. The first kappa shape index (κ1) is 12.5. The van der Waals surface area contributed by atoms with Crippen LogP contribution in [0.3, 0.4) is 0 Å². The van der Waals surface area contributed by atoms with Crippen LogP contribution in [0.4, 0.5) is 0 Å². The number of amidine groups is 1. The van der Waals surface area contributed by atoms with Crippen molar-refractivity contribution in [3.8, 4) is 0 Å². The summed E-state index contributed by atoms with van der Waals surface area (Å²) in [6.07, 6.45) is 0. The van der Waals surface area contributed by atoms with Gasteiger partial charge in [0.05, 0.1) is 0 Å². The van der Waals surface area contributed by atoms with E-state index >= 15 is 0 Å². The highest BCUT2D eigenvalue weighted by Crippen LogP contribution is 2.11. The summed E-state index contributed by atoms with van der Waals surface area (Å²) in [7, 11) is 0. The maximum atomic E-state index is 11.9. The highest BCUT2D eigenvalue weighted by molar-refractivity contribution is 9.10. The van der Waals surface area contributed by atoms with Crippen molar-refractivity contribution in [3.05, 3.63) is 70.2 Å². The quantitative estimate of drug-likeness (QED) is 0.685. The highest BCUT2D eigenvalue weighted by atomic mass is 79.9. The van der Waals surface area contributed by atoms with Crippen LogP contribution >= 0.6 is 15.9 Å². The molecule has 0 saturated carbocycles. The van der Waals surface area contributed by atoms with Crippen molar-refractivity contribution in [1.82, 2.24) is 0 Å². The van der Waals surface area contributed by atoms with Gasteiger partial charge in [0.15, 0.2) is 0 Å². The lowest BCUT2D eigenvalue weighted by atomic mass is 10.2. The molecule has 3 nitrogen and oxygen atoms in total. The number of hydrogen-bond donors (Lipinski definition) is 1. The van der Waals surface area contributed by atoms with Gasteiger partial charge in [-0.25, -0.2) is 0 Å². The minimum absolute atomic E-state index is 0.225. The second-order valence-corrected chi connectivity index (χ2v) is 4.59. The largest absolute Gasteiger partial charge is 0.383 e. The van der Waals surface area contributed by atoms with E-state index in [9.17, 15) is 4.79 Å². The fourth-order valence-electron chi connectivity index (χ4n) is 1.44. The van der Waals surface area contributed by atoms with E-state index < -0.39 is 0 Å². The van der Waals surface area contributed by atoms with Gasteiger partial charge in [0.1, 0.15) is 5.84 Å². The van der Waals surface area contributed by atoms with Crippen molar-refractivity contribution in [2.24, 2.45) is 10.7 Å². The van der Waals surface area contributed by atoms with Gasteiger partial charge in [-0.3, -0.25) is 4.79 Å². The molecule has 2 aromatic carbocycles. The van der Waals surface area contributed by atoms with Gasteiger partial charge in [0, 0.05) is 15.6 Å². The maximum Gasteiger partial charge on any atom is 0.278 e. The SMILES string of the molecule is NC(=NC(=O)c1ccc(Br)cc1)c1ccccc1. The third-order valence-corrected chi connectivity index (χ3v) is 2.91. The molecule has 4 heteroatoms. The zero-order valence-corrected chi connectivity index (χ0v) is 11.1. The number of benzene rings is 2. The second-order valence-electron chi connectivity index (χ2n) is 3.68. The summed E-state index contributed by atoms with van der Waals surface area (Å²) < 4.78 is 0.916. The smallest absolute Gasteiger partial charge is 0.278 e. The zero-order valence-electron chi connectivity index (χ0n) is 9.51. The van der Waals surface area contributed by atoms with E-state index in [0.29, 0.717) is 5.56 Å². The molecule has 1 amide bonds. The Bertz CT molecular complexity index is 577. The molecule has 2 rings (SSSR count). The number of amides is 1. The lowest BCUT2D eigenvalue weighted by Gasteiger charge is -2.00. The molecule has 0 heterocycles. The Kier molecular flexibility index (Phi) is 3.89. The molecule has 0 radical (unpaired) electrons. The van der Waals surface area contributed by atoms with Gasteiger partial charge in [-0.15, -0.1) is 0 Å². The summed E-state index contributed by atoms with van der Waals surface area (Å²) in [5.41, 5.74) is 7.03. The fraction of sp³-hybridized carbons (Fsp3) is 0. The Morgan fingerprint density at radius 2 is 1.56 bits per heavy atom. The summed E-state index contributed by atoms with van der Waals surface area (Å²) in [5, 5.41) is 0. The minimum Gasteiger partial charge on any atom is -0.383 e. The topological polar surface area (TPSA) is 55.4 Å². The number of aliphatic imine (C=N–C) groups is 1. The van der Waals surface area contributed by atoms with Crippen LogP contribution in [0.2, 0.25) is 0 Å². The summed E-state index contributed by atoms with van der Waals surface area (Å²) >= 11 is 3.31. The van der Waals surface area contributed by atoms with Crippen LogP contribution in [0.1, 0.15) is 15.9 Å². The third kappa shape index (κ3) is 3.05. The van der Waals surface area contributed by atoms with E-state index in [4.69, 9.17) is 5.73 Å². The lowest BCUT2D eigenvalue weighted by molar-refractivity contribution is 0.100. The van der Waals surface area contributed by atoms with Gasteiger partial charge in [-0.05, 0) is 24.3 Å². The third-order valence-electron chi connectivity index (χ3n) is 2.38. The average molecular weight is 303 g/mol. The molecule has 0 saturated heterocycles. The van der Waals surface area contributed by atoms with Crippen molar-refractivity contribution in [2.75, 3.05) is 0 Å². The van der Waals surface area contributed by atoms with Crippen LogP contribution in [0, 0.1) is 0 Å². The van der Waals surface area contributed by atoms with E-state index in [0.717, 1.165) is 10.0 Å². The van der Waals surface area contributed by atoms with E-state index in [2.05, 4.69) is 20.9 Å². The molecule has 0 aliphatic carbocycles. The number of nitrogens with two attached hydrogens (primary N) is 1. The normalized spacial score (nSPS) is 11.3. The highest BCUT2D eigenvalue weighted by Gasteiger charge is 2.05. The average Bonchev–Trinajstić information content (AvgIpc) is 2.40. The van der Waals surface area contributed by atoms with E-state index in [1.54, 1.807) is 24.3 Å². The van der Waals surface area contributed by atoms with Crippen molar-refractivity contribution in [3.63, 3.8) is 0 Å². The second kappa shape index (κ2) is 5.60. The van der Waals surface area contributed by atoms with Gasteiger partial charge in [0.2, 0.25) is 0 Å². The predicted molar refractivity (Wildman–Crippen MR) is 75.6 cm³/mol. The fourth-order valence-corrected chi connectivity index (χ4v) is 1.70. The van der Waals surface area contributed by atoms with Crippen LogP contribution < -0.4 is 5.73 Å². The Hall–Kier alpha value is -1.94. The first-order valence-corrected chi connectivity index (χ1v) is 6.15. The first-order chi connectivity index (χ1) is 8.66. The number of halogens is 1. The molecule has 18 heavy (non-hydrogen) atoms. The summed E-state index contributed by atoms with van der Waals surface area (Å²) in [4.78, 5) is 15.7. The van der Waals surface area contributed by atoms with Gasteiger partial charge in [-0.2, -0.15) is 4.99 Å². The minimum atomic E-state index is -0.344. The van der Waals surface area contributed by atoms with E-state index in [1.165, 1.54) is 0 Å². The van der Waals surface area contributed by atoms with Crippen molar-refractivity contribution in [1.29, 1.82) is 0 Å². The van der Waals surface area contributed by atoms with Gasteiger partial charge in [0.25, 0.3) is 5.91 Å². The van der Waals surface area contributed by atoms with E-state index in [1.807, 2.05) is 30.3 Å². The van der Waals surface area contributed by atoms with Crippen LogP contribution in [0.5, 0.6) is 0 Å². The Morgan fingerprint density at radius 3 is 2.17 bits per heavy atom. The number of rotatable bonds is 2. The number of carbonyl (C=O) groups excluding carboxylic acids is 1. The lowest BCUT2D eigenvalue weighted by Crippen LogP contribution is -2.15. The molecule has 0 bridgehead atoms. The van der Waals surface area contributed by atoms with E-state index in [-0.39, 0.29) is 11.7 Å². The Morgan fingerprint density at radius 1 is 0.944 bits per heavy atom. The molecule has 0 fully saturated rings.